The third-order valence-corrected chi connectivity index (χ3v) is 5.18. The summed E-state index contributed by atoms with van der Waals surface area (Å²) >= 11 is 0. The normalized spacial score (nSPS) is 14.1. The van der Waals surface area contributed by atoms with Gasteiger partial charge in [-0.25, -0.2) is 4.39 Å². The summed E-state index contributed by atoms with van der Waals surface area (Å²) in [6.07, 6.45) is 9.36. The number of ketones is 1. The van der Waals surface area contributed by atoms with Crippen molar-refractivity contribution in [1.29, 1.82) is 0 Å². The van der Waals surface area contributed by atoms with E-state index in [0.717, 1.165) is 35.0 Å². The lowest BCUT2D eigenvalue weighted by atomic mass is 9.98. The van der Waals surface area contributed by atoms with Crippen molar-refractivity contribution in [2.24, 2.45) is 20.0 Å². The summed E-state index contributed by atoms with van der Waals surface area (Å²) in [5.74, 6) is 0.188. The highest BCUT2D eigenvalue weighted by atomic mass is 19.1. The standard InChI is InChI=1S/C22H23FN4O/c1-14(28)21-11-17(23)7-9-20(21)22-16(13-24-27(22)3)6-8-19-12-18(25-26(19)2)10-15-4-5-15/h6-9,11-13,15H,4-5,10H2,1-3H3/b8-6+. The van der Waals surface area contributed by atoms with Gasteiger partial charge in [0.05, 0.1) is 23.3 Å². The Morgan fingerprint density at radius 3 is 2.71 bits per heavy atom. The van der Waals surface area contributed by atoms with Crippen molar-refractivity contribution >= 4 is 17.9 Å². The molecule has 1 aliphatic rings. The van der Waals surface area contributed by atoms with E-state index >= 15 is 0 Å². The lowest BCUT2D eigenvalue weighted by Crippen LogP contribution is -2.02. The van der Waals surface area contributed by atoms with Crippen molar-refractivity contribution in [3.8, 4) is 11.3 Å². The summed E-state index contributed by atoms with van der Waals surface area (Å²) in [6.45, 7) is 1.45. The fraction of sp³-hybridized carbons (Fsp3) is 0.318. The van der Waals surface area contributed by atoms with Crippen LogP contribution in [0.3, 0.4) is 0 Å². The number of hydrogen-bond acceptors (Lipinski definition) is 3. The van der Waals surface area contributed by atoms with Crippen LogP contribution in [0.5, 0.6) is 0 Å². The van der Waals surface area contributed by atoms with E-state index in [-0.39, 0.29) is 5.78 Å². The lowest BCUT2D eigenvalue weighted by molar-refractivity contribution is 0.101. The summed E-state index contributed by atoms with van der Waals surface area (Å²) in [5.41, 5.74) is 4.80. The fourth-order valence-corrected chi connectivity index (χ4v) is 3.51. The molecule has 1 saturated carbocycles. The number of hydrogen-bond donors (Lipinski definition) is 0. The third kappa shape index (κ3) is 3.67. The van der Waals surface area contributed by atoms with Gasteiger partial charge in [0, 0.05) is 30.8 Å². The van der Waals surface area contributed by atoms with Crippen LogP contribution in [-0.2, 0) is 20.5 Å². The summed E-state index contributed by atoms with van der Waals surface area (Å²) in [6, 6.07) is 6.40. The number of rotatable bonds is 6. The molecule has 4 rings (SSSR count). The Morgan fingerprint density at radius 2 is 2.00 bits per heavy atom. The topological polar surface area (TPSA) is 52.7 Å². The molecule has 0 radical (unpaired) electrons. The van der Waals surface area contributed by atoms with Crippen LogP contribution >= 0.6 is 0 Å². The molecule has 0 spiro atoms. The van der Waals surface area contributed by atoms with E-state index < -0.39 is 5.82 Å². The van der Waals surface area contributed by atoms with E-state index in [9.17, 15) is 9.18 Å². The maximum absolute atomic E-state index is 13.7. The molecule has 6 heteroatoms. The van der Waals surface area contributed by atoms with Crippen LogP contribution in [0.2, 0.25) is 0 Å². The van der Waals surface area contributed by atoms with Crippen LogP contribution < -0.4 is 0 Å². The number of aryl methyl sites for hydroxylation is 2. The highest BCUT2D eigenvalue weighted by molar-refractivity contribution is 6.01. The van der Waals surface area contributed by atoms with Gasteiger partial charge in [-0.15, -0.1) is 0 Å². The molecule has 28 heavy (non-hydrogen) atoms. The number of carbonyl (C=O) groups excluding carboxylic acids is 1. The molecular weight excluding hydrogens is 355 g/mol. The van der Waals surface area contributed by atoms with Gasteiger partial charge in [0.2, 0.25) is 0 Å². The minimum atomic E-state index is -0.425. The van der Waals surface area contributed by atoms with Crippen molar-refractivity contribution in [3.05, 3.63) is 58.8 Å². The summed E-state index contributed by atoms with van der Waals surface area (Å²) in [7, 11) is 3.76. The Hall–Kier alpha value is -3.02. The van der Waals surface area contributed by atoms with Crippen molar-refractivity contribution in [2.75, 3.05) is 0 Å². The summed E-state index contributed by atoms with van der Waals surface area (Å²) in [4.78, 5) is 12.0. The summed E-state index contributed by atoms with van der Waals surface area (Å²) in [5, 5.41) is 8.94. The Morgan fingerprint density at radius 1 is 1.21 bits per heavy atom. The van der Waals surface area contributed by atoms with Gasteiger partial charge in [-0.2, -0.15) is 10.2 Å². The molecule has 0 saturated heterocycles. The van der Waals surface area contributed by atoms with E-state index in [1.807, 2.05) is 30.9 Å². The van der Waals surface area contributed by atoms with Crippen LogP contribution in [0.25, 0.3) is 23.4 Å². The molecule has 1 aliphatic carbocycles. The molecule has 0 amide bonds. The first kappa shape index (κ1) is 18.3. The molecule has 0 atom stereocenters. The molecule has 0 N–H and O–H groups in total. The molecule has 0 unspecified atom stereocenters. The van der Waals surface area contributed by atoms with Gasteiger partial charge < -0.3 is 0 Å². The van der Waals surface area contributed by atoms with Crippen LogP contribution in [0.1, 0.15) is 47.1 Å². The quantitative estimate of drug-likeness (QED) is 0.602. The zero-order valence-corrected chi connectivity index (χ0v) is 16.3. The molecule has 1 fully saturated rings. The Bertz CT molecular complexity index is 1070. The molecular formula is C22H23FN4O. The van der Waals surface area contributed by atoms with Gasteiger partial charge in [-0.05, 0) is 68.5 Å². The van der Waals surface area contributed by atoms with Gasteiger partial charge in [-0.3, -0.25) is 14.2 Å². The van der Waals surface area contributed by atoms with Gasteiger partial charge >= 0.3 is 0 Å². The third-order valence-electron chi connectivity index (χ3n) is 5.18. The number of halogens is 1. The van der Waals surface area contributed by atoms with Crippen molar-refractivity contribution in [2.45, 2.75) is 26.2 Å². The molecule has 5 nitrogen and oxygen atoms in total. The number of carbonyl (C=O) groups is 1. The number of Topliss-reactive ketones (excluding diaryl/α,β-unsaturated/α-hetero) is 1. The average Bonchev–Trinajstić information content (AvgIpc) is 3.29. The van der Waals surface area contributed by atoms with E-state index in [4.69, 9.17) is 0 Å². The lowest BCUT2D eigenvalue weighted by Gasteiger charge is -2.09. The number of nitrogens with zero attached hydrogens (tertiary/aromatic N) is 4. The highest BCUT2D eigenvalue weighted by Crippen LogP contribution is 2.32. The van der Waals surface area contributed by atoms with Gasteiger partial charge in [0.25, 0.3) is 0 Å². The first-order chi connectivity index (χ1) is 13.4. The van der Waals surface area contributed by atoms with E-state index in [1.54, 1.807) is 16.9 Å². The fourth-order valence-electron chi connectivity index (χ4n) is 3.51. The van der Waals surface area contributed by atoms with Crippen LogP contribution in [0.15, 0.2) is 30.5 Å². The first-order valence-electron chi connectivity index (χ1n) is 9.46. The predicted molar refractivity (Wildman–Crippen MR) is 107 cm³/mol. The minimum absolute atomic E-state index is 0.179. The van der Waals surface area contributed by atoms with Gasteiger partial charge in [0.1, 0.15) is 5.82 Å². The van der Waals surface area contributed by atoms with Crippen LogP contribution in [0, 0.1) is 11.7 Å². The molecule has 2 heterocycles. The summed E-state index contributed by atoms with van der Waals surface area (Å²) < 4.78 is 17.3. The zero-order chi connectivity index (χ0) is 19.8. The van der Waals surface area contributed by atoms with E-state index in [1.165, 1.54) is 31.9 Å². The second-order valence-electron chi connectivity index (χ2n) is 7.48. The molecule has 0 aliphatic heterocycles. The maximum Gasteiger partial charge on any atom is 0.160 e. The number of benzene rings is 1. The van der Waals surface area contributed by atoms with Crippen molar-refractivity contribution in [3.63, 3.8) is 0 Å². The molecule has 3 aromatic rings. The van der Waals surface area contributed by atoms with Crippen molar-refractivity contribution < 1.29 is 9.18 Å². The monoisotopic (exact) mass is 378 g/mol. The van der Waals surface area contributed by atoms with E-state index in [2.05, 4.69) is 16.3 Å². The first-order valence-corrected chi connectivity index (χ1v) is 9.46. The van der Waals surface area contributed by atoms with Crippen molar-refractivity contribution in [1.82, 2.24) is 19.6 Å². The SMILES string of the molecule is CC(=O)c1cc(F)ccc1-c1c(/C=C/c2cc(CC3CC3)nn2C)cnn1C. The van der Waals surface area contributed by atoms with Crippen LogP contribution in [0.4, 0.5) is 4.39 Å². The molecule has 144 valence electrons. The smallest absolute Gasteiger partial charge is 0.160 e. The predicted octanol–water partition coefficient (Wildman–Crippen LogP) is 4.29. The molecule has 2 aromatic heterocycles. The number of aromatic nitrogens is 4. The Kier molecular flexibility index (Phi) is 4.71. The van der Waals surface area contributed by atoms with Crippen LogP contribution in [-0.4, -0.2) is 25.3 Å². The highest BCUT2D eigenvalue weighted by Gasteiger charge is 2.23. The second kappa shape index (κ2) is 7.19. The second-order valence-corrected chi connectivity index (χ2v) is 7.48. The van der Waals surface area contributed by atoms with Gasteiger partial charge in [0.15, 0.2) is 5.78 Å². The Labute approximate surface area is 163 Å². The minimum Gasteiger partial charge on any atom is -0.294 e. The van der Waals surface area contributed by atoms with Gasteiger partial charge in [-0.1, -0.05) is 0 Å². The van der Waals surface area contributed by atoms with E-state index in [0.29, 0.717) is 11.1 Å². The maximum atomic E-state index is 13.7. The average molecular weight is 378 g/mol. The molecule has 0 bridgehead atoms. The molecule has 1 aromatic carbocycles. The zero-order valence-electron chi connectivity index (χ0n) is 16.3. The largest absolute Gasteiger partial charge is 0.294 e. The Balaban J connectivity index is 1.69.